The molecule has 9 nitrogen and oxygen atoms in total. The van der Waals surface area contributed by atoms with E-state index in [1.807, 2.05) is 52.0 Å². The lowest BCUT2D eigenvalue weighted by molar-refractivity contribution is -0.142. The van der Waals surface area contributed by atoms with Crippen LogP contribution in [0.4, 0.5) is 0 Å². The molecule has 3 aromatic heterocycles. The number of ketones is 1. The van der Waals surface area contributed by atoms with Gasteiger partial charge >= 0.3 is 5.97 Å². The highest BCUT2D eigenvalue weighted by Gasteiger charge is 2.28. The van der Waals surface area contributed by atoms with Crippen molar-refractivity contribution < 1.29 is 14.3 Å². The van der Waals surface area contributed by atoms with Crippen LogP contribution < -0.4 is 0 Å². The number of rotatable bonds is 10. The summed E-state index contributed by atoms with van der Waals surface area (Å²) in [6.45, 7) is 0.265. The van der Waals surface area contributed by atoms with Crippen LogP contribution in [0, 0.1) is 17.2 Å². The molecule has 1 unspecified atom stereocenters. The van der Waals surface area contributed by atoms with Crippen molar-refractivity contribution in [3.8, 4) is 17.3 Å². The normalized spacial score (nSPS) is 14.8. The van der Waals surface area contributed by atoms with Crippen LogP contribution in [-0.2, 0) is 16.1 Å². The van der Waals surface area contributed by atoms with Crippen molar-refractivity contribution in [3.05, 3.63) is 102 Å². The van der Waals surface area contributed by atoms with Crippen molar-refractivity contribution in [1.29, 1.82) is 5.26 Å². The molecule has 6 rings (SSSR count). The smallest absolute Gasteiger partial charge is 0.314 e. The summed E-state index contributed by atoms with van der Waals surface area (Å²) in [4.78, 5) is 35.3. The van der Waals surface area contributed by atoms with Crippen molar-refractivity contribution in [2.45, 2.75) is 50.6 Å². The molecular formula is C34H32N6O3. The van der Waals surface area contributed by atoms with E-state index >= 15 is 0 Å². The predicted octanol–water partition coefficient (Wildman–Crippen LogP) is 6.13. The number of nitriles is 1. The highest BCUT2D eigenvalue weighted by atomic mass is 16.5. The number of hydrogen-bond donors (Lipinski definition) is 0. The number of nitrogens with zero attached hydrogens (tertiary/aromatic N) is 6. The fourth-order valence-electron chi connectivity index (χ4n) is 6.24. The van der Waals surface area contributed by atoms with Crippen LogP contribution in [0.2, 0.25) is 0 Å². The van der Waals surface area contributed by atoms with Crippen molar-refractivity contribution >= 4 is 22.8 Å². The van der Waals surface area contributed by atoms with Gasteiger partial charge in [0, 0.05) is 41.0 Å². The second-order valence-electron chi connectivity index (χ2n) is 11.0. The number of esters is 1. The molecule has 0 aliphatic heterocycles. The second-order valence-corrected chi connectivity index (χ2v) is 11.0. The third-order valence-corrected chi connectivity index (χ3v) is 8.47. The molecular weight excluding hydrogens is 540 g/mol. The van der Waals surface area contributed by atoms with Crippen LogP contribution in [0.3, 0.4) is 0 Å². The van der Waals surface area contributed by atoms with Gasteiger partial charge in [0.2, 0.25) is 0 Å². The van der Waals surface area contributed by atoms with Gasteiger partial charge in [-0.25, -0.2) is 9.97 Å². The first-order valence-corrected chi connectivity index (χ1v) is 14.6. The summed E-state index contributed by atoms with van der Waals surface area (Å²) in [5.41, 5.74) is 4.03. The van der Waals surface area contributed by atoms with Gasteiger partial charge in [0.05, 0.1) is 43.5 Å². The fourth-order valence-corrected chi connectivity index (χ4v) is 6.24. The molecule has 2 aromatic carbocycles. The van der Waals surface area contributed by atoms with Gasteiger partial charge in [-0.2, -0.15) is 10.4 Å². The average molecular weight is 573 g/mol. The zero-order valence-corrected chi connectivity index (χ0v) is 24.0. The van der Waals surface area contributed by atoms with Gasteiger partial charge in [-0.05, 0) is 36.5 Å². The van der Waals surface area contributed by atoms with E-state index in [0.29, 0.717) is 34.7 Å². The summed E-state index contributed by atoms with van der Waals surface area (Å²) in [5, 5.41) is 14.9. The van der Waals surface area contributed by atoms with E-state index < -0.39 is 11.9 Å². The van der Waals surface area contributed by atoms with Crippen LogP contribution in [0.15, 0.2) is 85.6 Å². The lowest BCUT2D eigenvalue weighted by Crippen LogP contribution is -2.20. The van der Waals surface area contributed by atoms with Gasteiger partial charge in [0.15, 0.2) is 5.78 Å². The Labute approximate surface area is 249 Å². The Kier molecular flexibility index (Phi) is 8.09. The van der Waals surface area contributed by atoms with Crippen LogP contribution in [0.5, 0.6) is 0 Å². The van der Waals surface area contributed by atoms with Gasteiger partial charge < -0.3 is 9.30 Å². The summed E-state index contributed by atoms with van der Waals surface area (Å²) >= 11 is 0. The first-order chi connectivity index (χ1) is 21.1. The number of methoxy groups -OCH3 is 1. The molecule has 0 saturated heterocycles. The SMILES string of the molecule is COC(=O)C(Cn1ccc2c(-c3cnn([C@H](CC#N)C4CCCC4)c3)ncnc21)c1cccc(C(=O)c2ccccc2)c1. The maximum Gasteiger partial charge on any atom is 0.314 e. The summed E-state index contributed by atoms with van der Waals surface area (Å²) in [7, 11) is 1.37. The predicted molar refractivity (Wildman–Crippen MR) is 161 cm³/mol. The van der Waals surface area contributed by atoms with Crippen molar-refractivity contribution in [1.82, 2.24) is 24.3 Å². The fraction of sp³-hybridized carbons (Fsp3) is 0.294. The lowest BCUT2D eigenvalue weighted by atomic mass is 9.94. The van der Waals surface area contributed by atoms with E-state index in [0.717, 1.165) is 29.5 Å². The van der Waals surface area contributed by atoms with Gasteiger partial charge in [-0.15, -0.1) is 0 Å². The number of hydrogen-bond acceptors (Lipinski definition) is 7. The number of carbonyl (C=O) groups is 2. The van der Waals surface area contributed by atoms with E-state index in [4.69, 9.17) is 4.74 Å². The zero-order chi connectivity index (χ0) is 29.8. The van der Waals surface area contributed by atoms with E-state index in [2.05, 4.69) is 21.1 Å². The minimum atomic E-state index is -0.663. The van der Waals surface area contributed by atoms with E-state index in [9.17, 15) is 14.9 Å². The Bertz CT molecular complexity index is 1800. The quantitative estimate of drug-likeness (QED) is 0.146. The Balaban J connectivity index is 1.30. The number of benzene rings is 2. The maximum absolute atomic E-state index is 13.1. The highest BCUT2D eigenvalue weighted by molar-refractivity contribution is 6.09. The van der Waals surface area contributed by atoms with E-state index in [1.165, 1.54) is 26.3 Å². The topological polar surface area (TPSA) is 116 Å². The summed E-state index contributed by atoms with van der Waals surface area (Å²) < 4.78 is 9.03. The monoisotopic (exact) mass is 572 g/mol. The number of aromatic nitrogens is 5. The average Bonchev–Trinajstić information content (AvgIpc) is 3.84. The van der Waals surface area contributed by atoms with Crippen LogP contribution in [0.25, 0.3) is 22.3 Å². The second kappa shape index (κ2) is 12.4. The number of ether oxygens (including phenoxy) is 1. The lowest BCUT2D eigenvalue weighted by Gasteiger charge is -2.21. The molecule has 1 aliphatic carbocycles. The molecule has 2 atom stereocenters. The molecule has 216 valence electrons. The maximum atomic E-state index is 13.1. The zero-order valence-electron chi connectivity index (χ0n) is 24.0. The van der Waals surface area contributed by atoms with E-state index in [-0.39, 0.29) is 18.4 Å². The van der Waals surface area contributed by atoms with E-state index in [1.54, 1.807) is 36.5 Å². The van der Waals surface area contributed by atoms with Crippen molar-refractivity contribution in [2.24, 2.45) is 5.92 Å². The molecule has 43 heavy (non-hydrogen) atoms. The van der Waals surface area contributed by atoms with Gasteiger partial charge in [-0.3, -0.25) is 14.3 Å². The standard InChI is InChI=1S/C34H32N6O3/c1-43-34(42)29(25-12-7-13-26(18-25)32(41)24-10-3-2-4-11-24)21-39-17-15-28-31(36-22-37-33(28)39)27-19-38-40(20-27)30(14-16-35)23-8-5-6-9-23/h2-4,7,10-13,15,17-20,22-23,29-30H,5-6,8-9,14,21H2,1H3/t29?,30-/m1/s1. The number of carbonyl (C=O) groups excluding carboxylic acids is 2. The third kappa shape index (κ3) is 5.69. The van der Waals surface area contributed by atoms with Gasteiger partial charge in [-0.1, -0.05) is 61.4 Å². The minimum absolute atomic E-state index is 0.0496. The third-order valence-electron chi connectivity index (χ3n) is 8.47. The van der Waals surface area contributed by atoms with Crippen molar-refractivity contribution in [3.63, 3.8) is 0 Å². The summed E-state index contributed by atoms with van der Waals surface area (Å²) in [5.74, 6) is -0.725. The molecule has 5 aromatic rings. The Morgan fingerprint density at radius 2 is 1.84 bits per heavy atom. The van der Waals surface area contributed by atoms with Gasteiger partial charge in [0.1, 0.15) is 12.0 Å². The molecule has 0 N–H and O–H groups in total. The largest absolute Gasteiger partial charge is 0.468 e. The Hall–Kier alpha value is -5.10. The molecule has 0 radical (unpaired) electrons. The van der Waals surface area contributed by atoms with Crippen LogP contribution >= 0.6 is 0 Å². The molecule has 3 heterocycles. The van der Waals surface area contributed by atoms with Crippen LogP contribution in [0.1, 0.15) is 65.5 Å². The molecule has 0 amide bonds. The Morgan fingerprint density at radius 1 is 1.05 bits per heavy atom. The molecule has 1 fully saturated rings. The van der Waals surface area contributed by atoms with Gasteiger partial charge in [0.25, 0.3) is 0 Å². The molecule has 1 saturated carbocycles. The highest BCUT2D eigenvalue weighted by Crippen LogP contribution is 2.37. The summed E-state index contributed by atoms with van der Waals surface area (Å²) in [6, 6.07) is 20.6. The molecule has 1 aliphatic rings. The van der Waals surface area contributed by atoms with Crippen molar-refractivity contribution in [2.75, 3.05) is 7.11 Å². The Morgan fingerprint density at radius 3 is 2.60 bits per heavy atom. The summed E-state index contributed by atoms with van der Waals surface area (Å²) in [6.07, 6.45) is 12.2. The van der Waals surface area contributed by atoms with Crippen LogP contribution in [-0.4, -0.2) is 43.2 Å². The molecule has 0 spiro atoms. The first kappa shape index (κ1) is 28.0. The minimum Gasteiger partial charge on any atom is -0.468 e. The molecule has 9 heteroatoms. The molecule has 0 bridgehead atoms. The first-order valence-electron chi connectivity index (χ1n) is 14.6. The number of fused-ring (bicyclic) bond motifs is 1.